The molecular weight excluding hydrogens is 352 g/mol. The number of methoxy groups -OCH3 is 1. The molecule has 6 heteroatoms. The predicted octanol–water partition coefficient (Wildman–Crippen LogP) is 3.84. The molecule has 2 aromatic carbocycles. The topological polar surface area (TPSA) is 58.6 Å². The number of likely N-dealkylation sites (tertiary alicyclic amines) is 1. The number of nitrogens with one attached hydrogen (secondary N) is 1. The number of hydrogen-bond acceptors (Lipinski definition) is 3. The maximum absolute atomic E-state index is 12.5. The minimum Gasteiger partial charge on any atom is -0.497 e. The van der Waals surface area contributed by atoms with Gasteiger partial charge in [0.2, 0.25) is 5.91 Å². The summed E-state index contributed by atoms with van der Waals surface area (Å²) in [6, 6.07) is 14.2. The molecule has 1 N–H and O–H groups in total. The van der Waals surface area contributed by atoms with Crippen molar-refractivity contribution in [3.05, 3.63) is 59.1 Å². The van der Waals surface area contributed by atoms with Gasteiger partial charge in [-0.05, 0) is 55.3 Å². The van der Waals surface area contributed by atoms with E-state index in [1.165, 1.54) is 0 Å². The molecule has 1 aliphatic heterocycles. The van der Waals surface area contributed by atoms with E-state index in [9.17, 15) is 9.59 Å². The number of carbonyl (C=O) groups is 2. The van der Waals surface area contributed by atoms with E-state index in [1.807, 2.05) is 24.3 Å². The molecule has 5 nitrogen and oxygen atoms in total. The average molecular weight is 373 g/mol. The summed E-state index contributed by atoms with van der Waals surface area (Å²) in [7, 11) is 1.60. The molecule has 3 rings (SSSR count). The molecule has 1 fully saturated rings. The zero-order valence-corrected chi connectivity index (χ0v) is 15.3. The van der Waals surface area contributed by atoms with Gasteiger partial charge in [-0.15, -0.1) is 0 Å². The van der Waals surface area contributed by atoms with E-state index in [4.69, 9.17) is 16.3 Å². The minimum atomic E-state index is -0.0967. The van der Waals surface area contributed by atoms with E-state index in [0.29, 0.717) is 36.5 Å². The van der Waals surface area contributed by atoms with Crippen LogP contribution in [0.25, 0.3) is 0 Å². The molecule has 2 amide bonds. The molecule has 0 atom stereocenters. The SMILES string of the molecule is COc1ccc(NC(=O)C2CCN(C(=O)c3cccc(Cl)c3)CC2)cc1. The summed E-state index contributed by atoms with van der Waals surface area (Å²) in [4.78, 5) is 26.8. The highest BCUT2D eigenvalue weighted by atomic mass is 35.5. The van der Waals surface area contributed by atoms with Gasteiger partial charge in [-0.2, -0.15) is 0 Å². The monoisotopic (exact) mass is 372 g/mol. The third-order valence-electron chi connectivity index (χ3n) is 4.58. The lowest BCUT2D eigenvalue weighted by molar-refractivity contribution is -0.121. The van der Waals surface area contributed by atoms with E-state index >= 15 is 0 Å². The first kappa shape index (κ1) is 18.3. The molecular formula is C20H21ClN2O3. The summed E-state index contributed by atoms with van der Waals surface area (Å²) in [5.74, 6) is 0.600. The van der Waals surface area contributed by atoms with Crippen LogP contribution in [-0.4, -0.2) is 36.9 Å². The zero-order valence-electron chi connectivity index (χ0n) is 14.6. The zero-order chi connectivity index (χ0) is 18.5. The fraction of sp³-hybridized carbons (Fsp3) is 0.300. The second kappa shape index (κ2) is 8.23. The molecule has 0 unspecified atom stereocenters. The lowest BCUT2D eigenvalue weighted by atomic mass is 9.95. The van der Waals surface area contributed by atoms with Gasteiger partial charge in [0.15, 0.2) is 0 Å². The minimum absolute atomic E-state index is 0.00924. The van der Waals surface area contributed by atoms with E-state index in [0.717, 1.165) is 11.4 Å². The number of benzene rings is 2. The van der Waals surface area contributed by atoms with Crippen molar-refractivity contribution < 1.29 is 14.3 Å². The van der Waals surface area contributed by atoms with Gasteiger partial charge in [-0.1, -0.05) is 17.7 Å². The van der Waals surface area contributed by atoms with Gasteiger partial charge in [-0.25, -0.2) is 0 Å². The highest BCUT2D eigenvalue weighted by molar-refractivity contribution is 6.30. The fourth-order valence-corrected chi connectivity index (χ4v) is 3.26. The van der Waals surface area contributed by atoms with Crippen LogP contribution in [0.4, 0.5) is 5.69 Å². The number of nitrogens with zero attached hydrogens (tertiary/aromatic N) is 1. The molecule has 2 aromatic rings. The van der Waals surface area contributed by atoms with Crippen molar-refractivity contribution >= 4 is 29.1 Å². The van der Waals surface area contributed by atoms with Crippen molar-refractivity contribution in [2.45, 2.75) is 12.8 Å². The first-order valence-electron chi connectivity index (χ1n) is 8.56. The number of piperidine rings is 1. The van der Waals surface area contributed by atoms with Crippen LogP contribution >= 0.6 is 11.6 Å². The maximum Gasteiger partial charge on any atom is 0.253 e. The predicted molar refractivity (Wildman–Crippen MR) is 102 cm³/mol. The van der Waals surface area contributed by atoms with Crippen LogP contribution in [0.5, 0.6) is 5.75 Å². The van der Waals surface area contributed by atoms with E-state index < -0.39 is 0 Å². The summed E-state index contributed by atoms with van der Waals surface area (Å²) < 4.78 is 5.11. The number of anilines is 1. The molecule has 136 valence electrons. The Balaban J connectivity index is 1.54. The van der Waals surface area contributed by atoms with Crippen molar-refractivity contribution in [1.82, 2.24) is 4.90 Å². The summed E-state index contributed by atoms with van der Waals surface area (Å²) in [5, 5.41) is 3.48. The van der Waals surface area contributed by atoms with Gasteiger partial charge in [0.25, 0.3) is 5.91 Å². The van der Waals surface area contributed by atoms with Gasteiger partial charge in [0.1, 0.15) is 5.75 Å². The Morgan fingerprint density at radius 3 is 2.42 bits per heavy atom. The summed E-state index contributed by atoms with van der Waals surface area (Å²) in [6.45, 7) is 1.12. The van der Waals surface area contributed by atoms with Crippen LogP contribution < -0.4 is 10.1 Å². The number of hydrogen-bond donors (Lipinski definition) is 1. The Morgan fingerprint density at radius 1 is 1.12 bits per heavy atom. The molecule has 0 bridgehead atoms. The number of carbonyl (C=O) groups excluding carboxylic acids is 2. The summed E-state index contributed by atoms with van der Waals surface area (Å²) >= 11 is 5.96. The Morgan fingerprint density at radius 2 is 1.81 bits per heavy atom. The molecule has 1 heterocycles. The molecule has 0 aromatic heterocycles. The molecule has 26 heavy (non-hydrogen) atoms. The lowest BCUT2D eigenvalue weighted by Crippen LogP contribution is -2.41. The van der Waals surface area contributed by atoms with Crippen molar-refractivity contribution in [2.75, 3.05) is 25.5 Å². The fourth-order valence-electron chi connectivity index (χ4n) is 3.07. The van der Waals surface area contributed by atoms with Crippen LogP contribution in [-0.2, 0) is 4.79 Å². The van der Waals surface area contributed by atoms with E-state index in [2.05, 4.69) is 5.32 Å². The normalized spacial score (nSPS) is 14.8. The average Bonchev–Trinajstić information content (AvgIpc) is 2.68. The Kier molecular flexibility index (Phi) is 5.78. The second-order valence-corrected chi connectivity index (χ2v) is 6.73. The van der Waals surface area contributed by atoms with Crippen LogP contribution in [0.2, 0.25) is 5.02 Å². The second-order valence-electron chi connectivity index (χ2n) is 6.29. The Hall–Kier alpha value is -2.53. The van der Waals surface area contributed by atoms with Crippen LogP contribution in [0.3, 0.4) is 0 Å². The van der Waals surface area contributed by atoms with Crippen LogP contribution in [0.1, 0.15) is 23.2 Å². The van der Waals surface area contributed by atoms with Crippen molar-refractivity contribution in [1.29, 1.82) is 0 Å². The first-order chi connectivity index (χ1) is 12.6. The van der Waals surface area contributed by atoms with Gasteiger partial charge in [-0.3, -0.25) is 9.59 Å². The molecule has 1 aliphatic rings. The quantitative estimate of drug-likeness (QED) is 0.887. The molecule has 0 spiro atoms. The van der Waals surface area contributed by atoms with Crippen LogP contribution in [0, 0.1) is 5.92 Å². The third kappa shape index (κ3) is 4.35. The van der Waals surface area contributed by atoms with Crippen LogP contribution in [0.15, 0.2) is 48.5 Å². The summed E-state index contributed by atoms with van der Waals surface area (Å²) in [5.41, 5.74) is 1.33. The Labute approximate surface area is 157 Å². The van der Waals surface area contributed by atoms with E-state index in [-0.39, 0.29) is 17.7 Å². The van der Waals surface area contributed by atoms with Gasteiger partial charge < -0.3 is 15.0 Å². The standard InChI is InChI=1S/C20H21ClN2O3/c1-26-18-7-5-17(6-8-18)22-19(24)14-9-11-23(12-10-14)20(25)15-3-2-4-16(21)13-15/h2-8,13-14H,9-12H2,1H3,(H,22,24). The number of rotatable bonds is 4. The van der Waals surface area contributed by atoms with Crippen molar-refractivity contribution in [3.63, 3.8) is 0 Å². The lowest BCUT2D eigenvalue weighted by Gasteiger charge is -2.31. The van der Waals surface area contributed by atoms with Gasteiger partial charge in [0.05, 0.1) is 7.11 Å². The van der Waals surface area contributed by atoms with Crippen molar-refractivity contribution in [2.24, 2.45) is 5.92 Å². The van der Waals surface area contributed by atoms with Gasteiger partial charge in [0, 0.05) is 35.3 Å². The number of ether oxygens (including phenoxy) is 1. The highest BCUT2D eigenvalue weighted by Crippen LogP contribution is 2.22. The largest absolute Gasteiger partial charge is 0.497 e. The number of halogens is 1. The van der Waals surface area contributed by atoms with Gasteiger partial charge >= 0.3 is 0 Å². The summed E-state index contributed by atoms with van der Waals surface area (Å²) in [6.07, 6.45) is 1.29. The maximum atomic E-state index is 12.5. The highest BCUT2D eigenvalue weighted by Gasteiger charge is 2.28. The van der Waals surface area contributed by atoms with Crippen molar-refractivity contribution in [3.8, 4) is 5.75 Å². The molecule has 0 saturated carbocycles. The first-order valence-corrected chi connectivity index (χ1v) is 8.94. The van der Waals surface area contributed by atoms with E-state index in [1.54, 1.807) is 36.3 Å². The Bertz CT molecular complexity index is 784. The molecule has 0 aliphatic carbocycles. The third-order valence-corrected chi connectivity index (χ3v) is 4.82. The molecule has 1 saturated heterocycles. The number of amides is 2. The smallest absolute Gasteiger partial charge is 0.253 e. The molecule has 0 radical (unpaired) electrons.